The SMILES string of the molecule is C=C(C)C(=O)OCCCCc1cc2c3c(c1)CCc1cc(OC(=O)C(=C)C)cc(c1-3)CC2. The molecule has 0 unspecified atom stereocenters. The molecule has 0 aliphatic heterocycles. The van der Waals surface area contributed by atoms with Gasteiger partial charge in [0.05, 0.1) is 6.61 Å². The van der Waals surface area contributed by atoms with Crippen LogP contribution in [0.1, 0.15) is 54.5 Å². The predicted octanol–water partition coefficient (Wildman–Crippen LogP) is 5.47. The summed E-state index contributed by atoms with van der Waals surface area (Å²) < 4.78 is 10.7. The van der Waals surface area contributed by atoms with E-state index in [1.807, 2.05) is 12.1 Å². The molecular formula is C28H30O4. The Labute approximate surface area is 189 Å². The second kappa shape index (κ2) is 9.15. The van der Waals surface area contributed by atoms with Crippen molar-refractivity contribution in [3.8, 4) is 16.9 Å². The van der Waals surface area contributed by atoms with Crippen molar-refractivity contribution >= 4 is 11.9 Å². The van der Waals surface area contributed by atoms with E-state index in [2.05, 4.69) is 25.3 Å². The molecular weight excluding hydrogens is 400 g/mol. The van der Waals surface area contributed by atoms with Gasteiger partial charge < -0.3 is 9.47 Å². The van der Waals surface area contributed by atoms with Crippen molar-refractivity contribution in [3.05, 3.63) is 76.4 Å². The second-order valence-corrected chi connectivity index (χ2v) is 8.95. The summed E-state index contributed by atoms with van der Waals surface area (Å²) in [6, 6.07) is 8.76. The van der Waals surface area contributed by atoms with Gasteiger partial charge in [0.15, 0.2) is 0 Å². The fraction of sp³-hybridized carbons (Fsp3) is 0.357. The Bertz CT molecular complexity index is 1070. The van der Waals surface area contributed by atoms with Gasteiger partial charge in [-0.15, -0.1) is 0 Å². The first-order valence-corrected chi connectivity index (χ1v) is 11.3. The van der Waals surface area contributed by atoms with Crippen molar-refractivity contribution in [1.82, 2.24) is 0 Å². The van der Waals surface area contributed by atoms with Crippen molar-refractivity contribution in [2.75, 3.05) is 6.61 Å². The normalized spacial score (nSPS) is 13.2. The molecule has 0 radical (unpaired) electrons. The molecule has 0 atom stereocenters. The predicted molar refractivity (Wildman–Crippen MR) is 126 cm³/mol. The van der Waals surface area contributed by atoms with Gasteiger partial charge in [0, 0.05) is 11.1 Å². The number of benzene rings is 2. The van der Waals surface area contributed by atoms with Crippen molar-refractivity contribution in [2.45, 2.75) is 58.8 Å². The van der Waals surface area contributed by atoms with E-state index < -0.39 is 0 Å². The van der Waals surface area contributed by atoms with Crippen molar-refractivity contribution in [1.29, 1.82) is 0 Å². The minimum atomic E-state index is -0.371. The van der Waals surface area contributed by atoms with E-state index in [1.54, 1.807) is 13.8 Å². The number of ether oxygens (including phenoxy) is 2. The molecule has 2 aliphatic carbocycles. The molecule has 2 aromatic rings. The summed E-state index contributed by atoms with van der Waals surface area (Å²) >= 11 is 0. The fourth-order valence-electron chi connectivity index (χ4n) is 4.66. The molecule has 0 N–H and O–H groups in total. The molecule has 0 spiro atoms. The van der Waals surface area contributed by atoms with Gasteiger partial charge in [-0.25, -0.2) is 9.59 Å². The smallest absolute Gasteiger partial charge is 0.338 e. The van der Waals surface area contributed by atoms with E-state index in [1.165, 1.54) is 38.9 Å². The van der Waals surface area contributed by atoms with Crippen LogP contribution in [0.5, 0.6) is 5.75 Å². The van der Waals surface area contributed by atoms with Crippen LogP contribution in [-0.2, 0) is 46.4 Å². The van der Waals surface area contributed by atoms with Crippen LogP contribution < -0.4 is 4.74 Å². The summed E-state index contributed by atoms with van der Waals surface area (Å²) in [5.41, 5.74) is 10.3. The van der Waals surface area contributed by atoms with Gasteiger partial charge in [0.2, 0.25) is 0 Å². The summed E-state index contributed by atoms with van der Waals surface area (Å²) in [4.78, 5) is 23.4. The molecule has 0 aromatic heterocycles. The fourth-order valence-corrected chi connectivity index (χ4v) is 4.66. The van der Waals surface area contributed by atoms with Gasteiger partial charge in [-0.2, -0.15) is 0 Å². The van der Waals surface area contributed by atoms with Crippen LogP contribution in [0.2, 0.25) is 0 Å². The van der Waals surface area contributed by atoms with Crippen LogP contribution in [0.3, 0.4) is 0 Å². The van der Waals surface area contributed by atoms with Gasteiger partial charge >= 0.3 is 11.9 Å². The van der Waals surface area contributed by atoms with E-state index in [-0.39, 0.29) is 11.9 Å². The summed E-state index contributed by atoms with van der Waals surface area (Å²) in [5, 5.41) is 0. The van der Waals surface area contributed by atoms with Crippen LogP contribution in [0.25, 0.3) is 11.1 Å². The first-order chi connectivity index (χ1) is 15.3. The zero-order valence-electron chi connectivity index (χ0n) is 19.0. The molecule has 0 bridgehead atoms. The van der Waals surface area contributed by atoms with Crippen molar-refractivity contribution in [3.63, 3.8) is 0 Å². The van der Waals surface area contributed by atoms with Crippen LogP contribution in [0.4, 0.5) is 0 Å². The van der Waals surface area contributed by atoms with Gasteiger partial charge in [-0.05, 0) is 110 Å². The summed E-state index contributed by atoms with van der Waals surface area (Å²) in [7, 11) is 0. The summed E-state index contributed by atoms with van der Waals surface area (Å²) in [6.45, 7) is 11.1. The number of aryl methyl sites for hydroxylation is 5. The Kier molecular flexibility index (Phi) is 6.31. The first-order valence-electron chi connectivity index (χ1n) is 11.3. The maximum absolute atomic E-state index is 12.0. The number of unbranched alkanes of at least 4 members (excludes halogenated alkanes) is 1. The number of hydrogen-bond acceptors (Lipinski definition) is 4. The van der Waals surface area contributed by atoms with E-state index in [4.69, 9.17) is 9.47 Å². The van der Waals surface area contributed by atoms with Crippen LogP contribution in [-0.4, -0.2) is 18.5 Å². The number of carbonyl (C=O) groups excluding carboxylic acids is 2. The van der Waals surface area contributed by atoms with Gasteiger partial charge in [0.1, 0.15) is 5.75 Å². The minimum absolute atomic E-state index is 0.310. The monoisotopic (exact) mass is 430 g/mol. The number of esters is 2. The Balaban J connectivity index is 1.49. The Morgan fingerprint density at radius 3 is 1.78 bits per heavy atom. The molecule has 0 saturated carbocycles. The van der Waals surface area contributed by atoms with E-state index in [9.17, 15) is 9.59 Å². The third kappa shape index (κ3) is 4.55. The third-order valence-corrected chi connectivity index (χ3v) is 6.21. The average Bonchev–Trinajstić information content (AvgIpc) is 2.76. The van der Waals surface area contributed by atoms with Crippen LogP contribution >= 0.6 is 0 Å². The zero-order valence-corrected chi connectivity index (χ0v) is 19.0. The topological polar surface area (TPSA) is 52.6 Å². The number of hydrogen-bond donors (Lipinski definition) is 0. The van der Waals surface area contributed by atoms with E-state index in [0.29, 0.717) is 23.5 Å². The Morgan fingerprint density at radius 2 is 1.28 bits per heavy atom. The van der Waals surface area contributed by atoms with Crippen molar-refractivity contribution in [2.24, 2.45) is 0 Å². The lowest BCUT2D eigenvalue weighted by Crippen LogP contribution is -2.16. The highest BCUT2D eigenvalue weighted by molar-refractivity contribution is 5.89. The first kappa shape index (κ1) is 22.1. The van der Waals surface area contributed by atoms with Gasteiger partial charge in [0.25, 0.3) is 0 Å². The highest BCUT2D eigenvalue weighted by Crippen LogP contribution is 2.44. The molecule has 4 nitrogen and oxygen atoms in total. The highest BCUT2D eigenvalue weighted by atomic mass is 16.5. The zero-order chi connectivity index (χ0) is 22.8. The molecule has 4 rings (SSSR count). The summed E-state index contributed by atoms with van der Waals surface area (Å²) in [6.07, 6.45) is 6.72. The molecule has 2 aliphatic rings. The van der Waals surface area contributed by atoms with Gasteiger partial charge in [-0.1, -0.05) is 25.3 Å². The Morgan fingerprint density at radius 1 is 0.781 bits per heavy atom. The van der Waals surface area contributed by atoms with E-state index in [0.717, 1.165) is 44.9 Å². The maximum Gasteiger partial charge on any atom is 0.338 e. The molecule has 0 heterocycles. The molecule has 32 heavy (non-hydrogen) atoms. The number of rotatable bonds is 8. The lowest BCUT2D eigenvalue weighted by atomic mass is 9.74. The third-order valence-electron chi connectivity index (χ3n) is 6.21. The lowest BCUT2D eigenvalue weighted by molar-refractivity contribution is -0.139. The van der Waals surface area contributed by atoms with Crippen molar-refractivity contribution < 1.29 is 19.1 Å². The quantitative estimate of drug-likeness (QED) is 0.241. The van der Waals surface area contributed by atoms with Gasteiger partial charge in [-0.3, -0.25) is 0 Å². The Hall–Kier alpha value is -3.14. The molecule has 2 aromatic carbocycles. The maximum atomic E-state index is 12.0. The van der Waals surface area contributed by atoms with Crippen LogP contribution in [0.15, 0.2) is 48.6 Å². The molecule has 0 fully saturated rings. The summed E-state index contributed by atoms with van der Waals surface area (Å²) in [5.74, 6) is -0.0539. The molecule has 0 amide bonds. The van der Waals surface area contributed by atoms with Crippen LogP contribution in [0, 0.1) is 0 Å². The molecule has 166 valence electrons. The second-order valence-electron chi connectivity index (χ2n) is 8.95. The highest BCUT2D eigenvalue weighted by Gasteiger charge is 2.27. The van der Waals surface area contributed by atoms with E-state index >= 15 is 0 Å². The average molecular weight is 431 g/mol. The largest absolute Gasteiger partial charge is 0.462 e. The minimum Gasteiger partial charge on any atom is -0.462 e. The lowest BCUT2D eigenvalue weighted by Gasteiger charge is -2.30. The standard InChI is InChI=1S/C28H30O4/c1-17(2)27(29)31-12-6-5-7-19-13-20-8-10-22-15-24(32-28(30)18(3)4)16-23-11-9-21(14-19)25(20)26(22)23/h13-16H,1,3,5-12H2,2,4H3. The number of carbonyl (C=O) groups is 2. The molecule has 0 saturated heterocycles. The molecule has 4 heteroatoms.